The first-order chi connectivity index (χ1) is 15.4. The average molecular weight is 437 g/mol. The fourth-order valence-electron chi connectivity index (χ4n) is 3.52. The lowest BCUT2D eigenvalue weighted by molar-refractivity contribution is -0.120. The van der Waals surface area contributed by atoms with Crippen molar-refractivity contribution in [1.29, 1.82) is 0 Å². The van der Waals surface area contributed by atoms with Gasteiger partial charge in [-0.15, -0.1) is 0 Å². The molecule has 0 aromatic heterocycles. The summed E-state index contributed by atoms with van der Waals surface area (Å²) < 4.78 is 10.1. The molecule has 2 aromatic rings. The Morgan fingerprint density at radius 1 is 1.31 bits per heavy atom. The lowest BCUT2D eigenvalue weighted by Crippen LogP contribution is -2.21. The van der Waals surface area contributed by atoms with Crippen molar-refractivity contribution in [3.8, 4) is 5.75 Å². The Morgan fingerprint density at radius 3 is 2.84 bits per heavy atom. The molecule has 0 radical (unpaired) electrons. The van der Waals surface area contributed by atoms with Crippen LogP contribution < -0.4 is 20.7 Å². The van der Waals surface area contributed by atoms with Crippen molar-refractivity contribution in [2.45, 2.75) is 20.0 Å². The molecule has 1 aliphatic rings. The third-order valence-electron chi connectivity index (χ3n) is 5.37. The van der Waals surface area contributed by atoms with Gasteiger partial charge in [-0.2, -0.15) is 0 Å². The van der Waals surface area contributed by atoms with Crippen LogP contribution >= 0.6 is 0 Å². The van der Waals surface area contributed by atoms with Gasteiger partial charge in [0.25, 0.3) is 6.47 Å². The number of hydrogen-bond donors (Lipinski definition) is 2. The van der Waals surface area contributed by atoms with Gasteiger partial charge in [0.05, 0.1) is 16.9 Å². The predicted molar refractivity (Wildman–Crippen MR) is 125 cm³/mol. The van der Waals surface area contributed by atoms with Crippen LogP contribution in [0.3, 0.4) is 0 Å². The summed E-state index contributed by atoms with van der Waals surface area (Å²) >= 11 is 0. The molecule has 0 atom stereocenters. The molecule has 0 spiro atoms. The normalized spacial score (nSPS) is 13.2. The highest BCUT2D eigenvalue weighted by molar-refractivity contribution is 5.94. The second-order valence-corrected chi connectivity index (χ2v) is 7.64. The fraction of sp³-hybridized carbons (Fsp3) is 0.292. The summed E-state index contributed by atoms with van der Waals surface area (Å²) in [5, 5.41) is 3.38. The SMILES string of the molecule is Cc1c(CCNCC(C=Nc2ccc(OC=O)c(N(C)C)c2)=CN)ccc2c1COC2=O. The molecule has 1 aliphatic heterocycles. The van der Waals surface area contributed by atoms with E-state index in [1.807, 2.05) is 44.1 Å². The standard InChI is InChI=1S/C24H28N4O4/c1-16-18(4-6-20-21(16)14-31-24(20)30)8-9-26-12-17(11-25)13-27-19-5-7-23(32-15-29)22(10-19)28(2)3/h4-7,10-11,13,15,26H,8-9,12,14,25H2,1-3H3. The molecule has 0 bridgehead atoms. The van der Waals surface area contributed by atoms with Crippen LogP contribution in [0, 0.1) is 6.92 Å². The molecule has 3 rings (SSSR count). The highest BCUT2D eigenvalue weighted by atomic mass is 16.5. The summed E-state index contributed by atoms with van der Waals surface area (Å²) in [6.07, 6.45) is 4.06. The number of benzene rings is 2. The molecule has 8 nitrogen and oxygen atoms in total. The fourth-order valence-corrected chi connectivity index (χ4v) is 3.52. The average Bonchev–Trinajstić information content (AvgIpc) is 3.16. The molecule has 0 aliphatic carbocycles. The van der Waals surface area contributed by atoms with E-state index < -0.39 is 0 Å². The Hall–Kier alpha value is -3.65. The van der Waals surface area contributed by atoms with E-state index in [4.69, 9.17) is 15.2 Å². The van der Waals surface area contributed by atoms with Gasteiger partial charge in [0, 0.05) is 32.4 Å². The molecule has 0 fully saturated rings. The minimum absolute atomic E-state index is 0.242. The second kappa shape index (κ2) is 10.6. The molecule has 1 heterocycles. The molecule has 2 aromatic carbocycles. The number of nitrogens with zero attached hydrogens (tertiary/aromatic N) is 2. The van der Waals surface area contributed by atoms with Crippen LogP contribution in [0.15, 0.2) is 47.1 Å². The van der Waals surface area contributed by atoms with Crippen molar-refractivity contribution in [3.63, 3.8) is 0 Å². The smallest absolute Gasteiger partial charge is 0.338 e. The lowest BCUT2D eigenvalue weighted by Gasteiger charge is -2.16. The number of fused-ring (bicyclic) bond motifs is 1. The lowest BCUT2D eigenvalue weighted by atomic mass is 9.97. The molecule has 0 saturated carbocycles. The van der Waals surface area contributed by atoms with Crippen LogP contribution in [-0.4, -0.2) is 45.8 Å². The van der Waals surface area contributed by atoms with Crippen LogP contribution in [0.5, 0.6) is 5.75 Å². The van der Waals surface area contributed by atoms with Gasteiger partial charge in [0.15, 0.2) is 5.75 Å². The van der Waals surface area contributed by atoms with E-state index in [9.17, 15) is 9.59 Å². The number of esters is 1. The van der Waals surface area contributed by atoms with E-state index >= 15 is 0 Å². The number of nitrogens with two attached hydrogens (primary N) is 1. The Balaban J connectivity index is 1.56. The number of cyclic esters (lactones) is 1. The number of anilines is 1. The van der Waals surface area contributed by atoms with Gasteiger partial charge >= 0.3 is 5.97 Å². The molecule has 8 heteroatoms. The summed E-state index contributed by atoms with van der Waals surface area (Å²) in [6, 6.07) is 9.15. The van der Waals surface area contributed by atoms with Crippen molar-refractivity contribution < 1.29 is 19.1 Å². The molecule has 0 saturated heterocycles. The van der Waals surface area contributed by atoms with Crippen LogP contribution in [0.25, 0.3) is 0 Å². The molecular formula is C24H28N4O4. The van der Waals surface area contributed by atoms with E-state index in [0.717, 1.165) is 41.0 Å². The number of carbonyl (C=O) groups is 2. The summed E-state index contributed by atoms with van der Waals surface area (Å²) in [7, 11) is 3.73. The van der Waals surface area contributed by atoms with E-state index in [0.29, 0.717) is 30.9 Å². The van der Waals surface area contributed by atoms with Gasteiger partial charge in [0.1, 0.15) is 6.61 Å². The summed E-state index contributed by atoms with van der Waals surface area (Å²) in [6.45, 7) is 4.11. The maximum atomic E-state index is 11.7. The van der Waals surface area contributed by atoms with Crippen LogP contribution in [0.4, 0.5) is 11.4 Å². The summed E-state index contributed by atoms with van der Waals surface area (Å²) in [5.74, 6) is 0.228. The first-order valence-corrected chi connectivity index (χ1v) is 10.3. The van der Waals surface area contributed by atoms with E-state index in [2.05, 4.69) is 10.3 Å². The van der Waals surface area contributed by atoms with Crippen molar-refractivity contribution in [3.05, 3.63) is 64.4 Å². The second-order valence-electron chi connectivity index (χ2n) is 7.64. The van der Waals surface area contributed by atoms with Crippen molar-refractivity contribution in [1.82, 2.24) is 5.32 Å². The van der Waals surface area contributed by atoms with Crippen molar-refractivity contribution >= 4 is 30.0 Å². The van der Waals surface area contributed by atoms with Crippen molar-refractivity contribution in [2.24, 2.45) is 10.7 Å². The Labute approximate surface area is 187 Å². The van der Waals surface area contributed by atoms with Gasteiger partial charge in [-0.3, -0.25) is 9.79 Å². The number of aliphatic imine (C=N–C) groups is 1. The molecule has 3 N–H and O–H groups in total. The number of nitrogens with one attached hydrogen (secondary N) is 1. The van der Waals surface area contributed by atoms with Gasteiger partial charge in [-0.1, -0.05) is 6.07 Å². The van der Waals surface area contributed by atoms with E-state index in [-0.39, 0.29) is 5.97 Å². The number of rotatable bonds is 10. The number of ether oxygens (including phenoxy) is 2. The zero-order chi connectivity index (χ0) is 23.1. The quantitative estimate of drug-likeness (QED) is 0.255. The number of hydrogen-bond acceptors (Lipinski definition) is 8. The Morgan fingerprint density at radius 2 is 2.12 bits per heavy atom. The van der Waals surface area contributed by atoms with Crippen LogP contribution in [0.1, 0.15) is 27.0 Å². The summed E-state index contributed by atoms with van der Waals surface area (Å²) in [5.41, 5.74) is 12.0. The molecular weight excluding hydrogens is 408 g/mol. The first-order valence-electron chi connectivity index (χ1n) is 10.3. The Bertz CT molecular complexity index is 1060. The third kappa shape index (κ3) is 5.33. The monoisotopic (exact) mass is 436 g/mol. The Kier molecular flexibility index (Phi) is 7.62. The van der Waals surface area contributed by atoms with Gasteiger partial charge in [-0.05, 0) is 67.1 Å². The minimum atomic E-state index is -0.242. The van der Waals surface area contributed by atoms with Crippen LogP contribution in [-0.2, 0) is 22.6 Å². The maximum absolute atomic E-state index is 11.7. The maximum Gasteiger partial charge on any atom is 0.338 e. The first kappa shape index (κ1) is 23.0. The molecule has 0 amide bonds. The van der Waals surface area contributed by atoms with Crippen LogP contribution in [0.2, 0.25) is 0 Å². The zero-order valence-electron chi connectivity index (χ0n) is 18.6. The topological polar surface area (TPSA) is 106 Å². The minimum Gasteiger partial charge on any atom is -0.457 e. The highest BCUT2D eigenvalue weighted by Crippen LogP contribution is 2.31. The highest BCUT2D eigenvalue weighted by Gasteiger charge is 2.23. The van der Waals surface area contributed by atoms with Gasteiger partial charge in [-0.25, -0.2) is 4.79 Å². The van der Waals surface area contributed by atoms with E-state index in [1.54, 1.807) is 18.3 Å². The van der Waals surface area contributed by atoms with Gasteiger partial charge < -0.3 is 25.4 Å². The predicted octanol–water partition coefficient (Wildman–Crippen LogP) is 2.64. The molecule has 0 unspecified atom stereocenters. The summed E-state index contributed by atoms with van der Waals surface area (Å²) in [4.78, 5) is 28.7. The molecule has 32 heavy (non-hydrogen) atoms. The third-order valence-corrected chi connectivity index (χ3v) is 5.37. The van der Waals surface area contributed by atoms with E-state index in [1.165, 1.54) is 11.8 Å². The zero-order valence-corrected chi connectivity index (χ0v) is 18.6. The largest absolute Gasteiger partial charge is 0.457 e. The van der Waals surface area contributed by atoms with Crippen molar-refractivity contribution in [2.75, 3.05) is 32.1 Å². The number of carbonyl (C=O) groups excluding carboxylic acids is 2. The van der Waals surface area contributed by atoms with Gasteiger partial charge in [0.2, 0.25) is 0 Å². The molecule has 168 valence electrons.